The highest BCUT2D eigenvalue weighted by atomic mass is 79.9. The molecule has 0 bridgehead atoms. The van der Waals surface area contributed by atoms with E-state index in [9.17, 15) is 0 Å². The van der Waals surface area contributed by atoms with Crippen molar-refractivity contribution in [2.75, 3.05) is 18.4 Å². The Morgan fingerprint density at radius 1 is 1.32 bits per heavy atom. The average Bonchev–Trinajstić information content (AvgIpc) is 2.87. The molecule has 0 amide bonds. The summed E-state index contributed by atoms with van der Waals surface area (Å²) in [7, 11) is 0. The summed E-state index contributed by atoms with van der Waals surface area (Å²) in [6, 6.07) is 4.56. The fourth-order valence-corrected chi connectivity index (χ4v) is 3.52. The second kappa shape index (κ2) is 5.98. The van der Waals surface area contributed by atoms with Crippen LogP contribution >= 0.6 is 27.3 Å². The first kappa shape index (κ1) is 13.0. The van der Waals surface area contributed by atoms with Crippen molar-refractivity contribution < 1.29 is 0 Å². The molecule has 1 unspecified atom stereocenters. The second-order valence-electron chi connectivity index (χ2n) is 4.59. The van der Waals surface area contributed by atoms with Crippen LogP contribution in [0.25, 0.3) is 10.4 Å². The van der Waals surface area contributed by atoms with Gasteiger partial charge in [0, 0.05) is 35.4 Å². The minimum Gasteiger partial charge on any atom is -0.350 e. The molecule has 2 aromatic heterocycles. The van der Waals surface area contributed by atoms with Gasteiger partial charge < -0.3 is 10.6 Å². The quantitative estimate of drug-likeness (QED) is 0.902. The van der Waals surface area contributed by atoms with Crippen LogP contribution in [0.15, 0.2) is 28.3 Å². The number of piperidine rings is 1. The zero-order chi connectivity index (χ0) is 13.1. The molecule has 0 spiro atoms. The fourth-order valence-electron chi connectivity index (χ4n) is 2.16. The Balaban J connectivity index is 1.68. The van der Waals surface area contributed by atoms with Gasteiger partial charge in [0.2, 0.25) is 5.95 Å². The van der Waals surface area contributed by atoms with E-state index in [0.717, 1.165) is 22.4 Å². The second-order valence-corrected chi connectivity index (χ2v) is 7.05. The molecule has 19 heavy (non-hydrogen) atoms. The van der Waals surface area contributed by atoms with Crippen molar-refractivity contribution in [1.29, 1.82) is 0 Å². The van der Waals surface area contributed by atoms with E-state index in [1.165, 1.54) is 17.7 Å². The number of nitrogens with one attached hydrogen (secondary N) is 2. The van der Waals surface area contributed by atoms with Crippen molar-refractivity contribution in [3.63, 3.8) is 0 Å². The van der Waals surface area contributed by atoms with E-state index in [1.807, 2.05) is 18.5 Å². The summed E-state index contributed by atoms with van der Waals surface area (Å²) < 4.78 is 1.12. The largest absolute Gasteiger partial charge is 0.350 e. The summed E-state index contributed by atoms with van der Waals surface area (Å²) in [5.74, 6) is 0.716. The minimum atomic E-state index is 0.440. The topological polar surface area (TPSA) is 49.8 Å². The molecule has 1 fully saturated rings. The van der Waals surface area contributed by atoms with Crippen LogP contribution in [0.2, 0.25) is 0 Å². The highest BCUT2D eigenvalue weighted by Crippen LogP contribution is 2.30. The maximum atomic E-state index is 4.40. The fraction of sp³-hybridized carbons (Fsp3) is 0.385. The van der Waals surface area contributed by atoms with Gasteiger partial charge in [-0.15, -0.1) is 11.3 Å². The van der Waals surface area contributed by atoms with E-state index in [-0.39, 0.29) is 0 Å². The molecule has 100 valence electrons. The van der Waals surface area contributed by atoms with Gasteiger partial charge >= 0.3 is 0 Å². The lowest BCUT2D eigenvalue weighted by atomic mass is 10.1. The predicted molar refractivity (Wildman–Crippen MR) is 82.6 cm³/mol. The van der Waals surface area contributed by atoms with E-state index in [1.54, 1.807) is 11.3 Å². The van der Waals surface area contributed by atoms with Crippen molar-refractivity contribution in [1.82, 2.24) is 15.3 Å². The van der Waals surface area contributed by atoms with Gasteiger partial charge in [0.05, 0.1) is 3.79 Å². The van der Waals surface area contributed by atoms with E-state index < -0.39 is 0 Å². The van der Waals surface area contributed by atoms with Crippen molar-refractivity contribution in [3.8, 4) is 10.4 Å². The number of rotatable bonds is 3. The third kappa shape index (κ3) is 3.32. The smallest absolute Gasteiger partial charge is 0.222 e. The molecule has 0 saturated carbocycles. The van der Waals surface area contributed by atoms with Gasteiger partial charge in [-0.25, -0.2) is 9.97 Å². The lowest BCUT2D eigenvalue weighted by Crippen LogP contribution is -2.38. The molecular weight excluding hydrogens is 324 g/mol. The van der Waals surface area contributed by atoms with Crippen molar-refractivity contribution in [2.24, 2.45) is 0 Å². The summed E-state index contributed by atoms with van der Waals surface area (Å²) in [4.78, 5) is 9.98. The van der Waals surface area contributed by atoms with Crippen LogP contribution in [0.1, 0.15) is 12.8 Å². The van der Waals surface area contributed by atoms with E-state index in [0.29, 0.717) is 12.0 Å². The van der Waals surface area contributed by atoms with Crippen LogP contribution in [-0.2, 0) is 0 Å². The van der Waals surface area contributed by atoms with Gasteiger partial charge in [0.25, 0.3) is 0 Å². The van der Waals surface area contributed by atoms with Gasteiger partial charge in [-0.2, -0.15) is 0 Å². The van der Waals surface area contributed by atoms with Crippen LogP contribution < -0.4 is 10.6 Å². The van der Waals surface area contributed by atoms with Gasteiger partial charge in [-0.05, 0) is 47.4 Å². The molecule has 1 saturated heterocycles. The number of nitrogens with zero attached hydrogens (tertiary/aromatic N) is 2. The number of halogens is 1. The summed E-state index contributed by atoms with van der Waals surface area (Å²) in [6.07, 6.45) is 6.14. The molecule has 1 aliphatic rings. The molecule has 0 radical (unpaired) electrons. The molecule has 3 heterocycles. The summed E-state index contributed by atoms with van der Waals surface area (Å²) in [6.45, 7) is 2.11. The summed E-state index contributed by atoms with van der Waals surface area (Å²) >= 11 is 5.16. The average molecular weight is 339 g/mol. The van der Waals surface area contributed by atoms with Gasteiger partial charge in [-0.3, -0.25) is 0 Å². The molecule has 1 aliphatic heterocycles. The standard InChI is InChI=1S/C13H15BrN4S/c14-12-4-3-11(19-12)9-6-16-13(17-7-9)18-10-2-1-5-15-8-10/h3-4,6-7,10,15H,1-2,5,8H2,(H,16,17,18). The Hall–Kier alpha value is -0.980. The predicted octanol–water partition coefficient (Wildman–Crippen LogP) is 3.13. The van der Waals surface area contributed by atoms with Crippen LogP contribution in [-0.4, -0.2) is 29.1 Å². The molecule has 4 nitrogen and oxygen atoms in total. The van der Waals surface area contributed by atoms with Crippen molar-refractivity contribution in [3.05, 3.63) is 28.3 Å². The molecule has 3 rings (SSSR count). The maximum Gasteiger partial charge on any atom is 0.222 e. The minimum absolute atomic E-state index is 0.440. The van der Waals surface area contributed by atoms with Gasteiger partial charge in [0.15, 0.2) is 0 Å². The van der Waals surface area contributed by atoms with Crippen LogP contribution in [0.5, 0.6) is 0 Å². The zero-order valence-corrected chi connectivity index (χ0v) is 12.8. The third-order valence-electron chi connectivity index (χ3n) is 3.14. The highest BCUT2D eigenvalue weighted by Gasteiger charge is 2.13. The number of anilines is 1. The first-order valence-electron chi connectivity index (χ1n) is 6.36. The van der Waals surface area contributed by atoms with Crippen LogP contribution in [0.4, 0.5) is 5.95 Å². The molecular formula is C13H15BrN4S. The number of hydrogen-bond acceptors (Lipinski definition) is 5. The Morgan fingerprint density at radius 2 is 2.16 bits per heavy atom. The number of hydrogen-bond donors (Lipinski definition) is 2. The van der Waals surface area contributed by atoms with Crippen molar-refractivity contribution >= 4 is 33.2 Å². The first-order chi connectivity index (χ1) is 9.31. The Morgan fingerprint density at radius 3 is 2.79 bits per heavy atom. The Labute approximate surface area is 124 Å². The van der Waals surface area contributed by atoms with Crippen LogP contribution in [0.3, 0.4) is 0 Å². The first-order valence-corrected chi connectivity index (χ1v) is 7.97. The van der Waals surface area contributed by atoms with Crippen molar-refractivity contribution in [2.45, 2.75) is 18.9 Å². The monoisotopic (exact) mass is 338 g/mol. The van der Waals surface area contributed by atoms with E-state index in [4.69, 9.17) is 0 Å². The normalized spacial score (nSPS) is 19.3. The van der Waals surface area contributed by atoms with Gasteiger partial charge in [0.1, 0.15) is 0 Å². The Bertz CT molecular complexity index is 534. The number of aromatic nitrogens is 2. The highest BCUT2D eigenvalue weighted by molar-refractivity contribution is 9.11. The molecule has 0 aromatic carbocycles. The molecule has 2 aromatic rings. The van der Waals surface area contributed by atoms with E-state index in [2.05, 4.69) is 42.6 Å². The summed E-state index contributed by atoms with van der Waals surface area (Å²) in [5.41, 5.74) is 1.06. The summed E-state index contributed by atoms with van der Waals surface area (Å²) in [5, 5.41) is 6.75. The third-order valence-corrected chi connectivity index (χ3v) is 4.81. The molecule has 1 atom stereocenters. The SMILES string of the molecule is Brc1ccc(-c2cnc(NC3CCCNC3)nc2)s1. The number of thiophene rings is 1. The molecule has 6 heteroatoms. The van der Waals surface area contributed by atoms with E-state index >= 15 is 0 Å². The molecule has 0 aliphatic carbocycles. The zero-order valence-electron chi connectivity index (χ0n) is 10.4. The lowest BCUT2D eigenvalue weighted by Gasteiger charge is -2.23. The molecule has 2 N–H and O–H groups in total. The van der Waals surface area contributed by atoms with Crippen LogP contribution in [0, 0.1) is 0 Å². The van der Waals surface area contributed by atoms with Gasteiger partial charge in [-0.1, -0.05) is 0 Å². The Kier molecular flexibility index (Phi) is 4.10. The lowest BCUT2D eigenvalue weighted by molar-refractivity contribution is 0.478. The maximum absolute atomic E-state index is 4.40.